The van der Waals surface area contributed by atoms with Gasteiger partial charge in [-0.1, -0.05) is 19.9 Å². The summed E-state index contributed by atoms with van der Waals surface area (Å²) in [6.07, 6.45) is 0. The largest absolute Gasteiger partial charge is 0.398 e. The van der Waals surface area contributed by atoms with Gasteiger partial charge in [0.2, 0.25) is 0 Å². The highest BCUT2D eigenvalue weighted by Crippen LogP contribution is 2.27. The van der Waals surface area contributed by atoms with Gasteiger partial charge in [-0.15, -0.1) is 12.6 Å². The van der Waals surface area contributed by atoms with Crippen LogP contribution in [0.4, 0.5) is 5.69 Å². The van der Waals surface area contributed by atoms with E-state index in [4.69, 9.17) is 5.73 Å². The number of nitrogen functional groups attached to an aromatic ring is 1. The van der Waals surface area contributed by atoms with Crippen LogP contribution in [0.2, 0.25) is 0 Å². The fraction of sp³-hybridized carbons (Fsp3) is 0.333. The van der Waals surface area contributed by atoms with Crippen LogP contribution in [0.15, 0.2) is 23.1 Å². The van der Waals surface area contributed by atoms with Crippen LogP contribution in [-0.4, -0.2) is 0 Å². The summed E-state index contributed by atoms with van der Waals surface area (Å²) in [6.45, 7) is 4.23. The van der Waals surface area contributed by atoms with Gasteiger partial charge in [0.15, 0.2) is 0 Å². The SMILES string of the molecule is CC(C)c1c(N)cccc1S. The number of anilines is 1. The van der Waals surface area contributed by atoms with E-state index in [1.807, 2.05) is 18.2 Å². The summed E-state index contributed by atoms with van der Waals surface area (Å²) in [6, 6.07) is 5.80. The topological polar surface area (TPSA) is 26.0 Å². The van der Waals surface area contributed by atoms with Crippen LogP contribution in [0.5, 0.6) is 0 Å². The van der Waals surface area contributed by atoms with Crippen molar-refractivity contribution in [3.8, 4) is 0 Å². The molecule has 0 atom stereocenters. The Hall–Kier alpha value is -0.630. The van der Waals surface area contributed by atoms with Gasteiger partial charge in [-0.3, -0.25) is 0 Å². The molecule has 1 aromatic rings. The van der Waals surface area contributed by atoms with Crippen molar-refractivity contribution in [2.24, 2.45) is 0 Å². The fourth-order valence-electron chi connectivity index (χ4n) is 1.20. The Kier molecular flexibility index (Phi) is 2.45. The second-order valence-corrected chi connectivity index (χ2v) is 3.42. The van der Waals surface area contributed by atoms with Gasteiger partial charge in [0, 0.05) is 10.6 Å². The molecule has 0 radical (unpaired) electrons. The lowest BCUT2D eigenvalue weighted by Gasteiger charge is -2.11. The predicted molar refractivity (Wildman–Crippen MR) is 52.2 cm³/mol. The first-order valence-electron chi connectivity index (χ1n) is 3.70. The molecular weight excluding hydrogens is 154 g/mol. The van der Waals surface area contributed by atoms with Crippen LogP contribution >= 0.6 is 12.6 Å². The summed E-state index contributed by atoms with van der Waals surface area (Å²) in [4.78, 5) is 0.986. The molecule has 0 bridgehead atoms. The van der Waals surface area contributed by atoms with Crippen molar-refractivity contribution in [3.05, 3.63) is 23.8 Å². The van der Waals surface area contributed by atoms with Gasteiger partial charge in [-0.05, 0) is 23.6 Å². The van der Waals surface area contributed by atoms with Crippen LogP contribution in [0.25, 0.3) is 0 Å². The smallest absolute Gasteiger partial charge is 0.0360 e. The third-order valence-corrected chi connectivity index (χ3v) is 2.08. The van der Waals surface area contributed by atoms with E-state index in [9.17, 15) is 0 Å². The fourth-order valence-corrected chi connectivity index (χ4v) is 1.67. The molecule has 60 valence electrons. The number of hydrogen-bond donors (Lipinski definition) is 2. The standard InChI is InChI=1S/C9H13NS/c1-6(2)9-7(10)4-3-5-8(9)11/h3-6,11H,10H2,1-2H3. The Morgan fingerprint density at radius 3 is 2.36 bits per heavy atom. The quantitative estimate of drug-likeness (QED) is 0.488. The van der Waals surface area contributed by atoms with E-state index in [0.29, 0.717) is 5.92 Å². The van der Waals surface area contributed by atoms with Crippen molar-refractivity contribution in [1.29, 1.82) is 0 Å². The van der Waals surface area contributed by atoms with E-state index in [-0.39, 0.29) is 0 Å². The molecule has 0 aliphatic heterocycles. The molecule has 0 aromatic heterocycles. The van der Waals surface area contributed by atoms with Crippen LogP contribution < -0.4 is 5.73 Å². The van der Waals surface area contributed by atoms with Crippen molar-refractivity contribution in [2.45, 2.75) is 24.7 Å². The first-order chi connectivity index (χ1) is 5.13. The number of nitrogens with two attached hydrogens (primary N) is 1. The summed E-state index contributed by atoms with van der Waals surface area (Å²) in [5.41, 5.74) is 7.76. The Balaban J connectivity index is 3.21. The van der Waals surface area contributed by atoms with Crippen LogP contribution in [-0.2, 0) is 0 Å². The molecule has 1 nitrogen and oxygen atoms in total. The third kappa shape index (κ3) is 1.69. The molecule has 0 fully saturated rings. The van der Waals surface area contributed by atoms with Crippen molar-refractivity contribution >= 4 is 18.3 Å². The molecule has 0 amide bonds. The van der Waals surface area contributed by atoms with E-state index in [0.717, 1.165) is 16.1 Å². The molecule has 0 saturated carbocycles. The summed E-state index contributed by atoms with van der Waals surface area (Å²) >= 11 is 4.33. The molecule has 11 heavy (non-hydrogen) atoms. The molecule has 0 aliphatic carbocycles. The zero-order chi connectivity index (χ0) is 8.43. The highest BCUT2D eigenvalue weighted by atomic mass is 32.1. The van der Waals surface area contributed by atoms with Crippen molar-refractivity contribution in [3.63, 3.8) is 0 Å². The average molecular weight is 167 g/mol. The minimum absolute atomic E-state index is 0.448. The Morgan fingerprint density at radius 2 is 2.00 bits per heavy atom. The summed E-state index contributed by atoms with van der Waals surface area (Å²) in [5.74, 6) is 0.448. The van der Waals surface area contributed by atoms with Crippen LogP contribution in [0, 0.1) is 0 Å². The molecule has 1 rings (SSSR count). The Labute approximate surface area is 73.0 Å². The summed E-state index contributed by atoms with van der Waals surface area (Å²) in [5, 5.41) is 0. The first-order valence-corrected chi connectivity index (χ1v) is 4.15. The maximum Gasteiger partial charge on any atom is 0.0360 e. The van der Waals surface area contributed by atoms with Crippen LogP contribution in [0.3, 0.4) is 0 Å². The highest BCUT2D eigenvalue weighted by molar-refractivity contribution is 7.80. The molecule has 0 unspecified atom stereocenters. The lowest BCUT2D eigenvalue weighted by molar-refractivity contribution is 0.847. The van der Waals surface area contributed by atoms with Gasteiger partial charge in [0.1, 0.15) is 0 Å². The highest BCUT2D eigenvalue weighted by Gasteiger charge is 2.06. The Bertz CT molecular complexity index is 235. The zero-order valence-electron chi connectivity index (χ0n) is 6.83. The van der Waals surface area contributed by atoms with E-state index in [2.05, 4.69) is 26.5 Å². The van der Waals surface area contributed by atoms with Crippen molar-refractivity contribution in [1.82, 2.24) is 0 Å². The molecule has 0 heterocycles. The lowest BCUT2D eigenvalue weighted by Crippen LogP contribution is -1.96. The van der Waals surface area contributed by atoms with Gasteiger partial charge >= 0.3 is 0 Å². The maximum atomic E-state index is 5.77. The zero-order valence-corrected chi connectivity index (χ0v) is 7.73. The summed E-state index contributed by atoms with van der Waals surface area (Å²) in [7, 11) is 0. The minimum atomic E-state index is 0.448. The normalized spacial score (nSPS) is 10.5. The second-order valence-electron chi connectivity index (χ2n) is 2.93. The molecule has 0 aliphatic rings. The maximum absolute atomic E-state index is 5.77. The molecule has 0 saturated heterocycles. The van der Waals surface area contributed by atoms with Gasteiger partial charge in [0.25, 0.3) is 0 Å². The first kappa shape index (κ1) is 8.47. The molecule has 1 aromatic carbocycles. The monoisotopic (exact) mass is 167 g/mol. The van der Waals surface area contributed by atoms with E-state index < -0.39 is 0 Å². The summed E-state index contributed by atoms with van der Waals surface area (Å²) < 4.78 is 0. The van der Waals surface area contributed by atoms with Gasteiger partial charge in [0.05, 0.1) is 0 Å². The van der Waals surface area contributed by atoms with E-state index in [1.165, 1.54) is 0 Å². The average Bonchev–Trinajstić information content (AvgIpc) is 1.85. The molecular formula is C9H13NS. The number of benzene rings is 1. The minimum Gasteiger partial charge on any atom is -0.398 e. The van der Waals surface area contributed by atoms with E-state index in [1.54, 1.807) is 0 Å². The lowest BCUT2D eigenvalue weighted by atomic mass is 10.0. The van der Waals surface area contributed by atoms with E-state index >= 15 is 0 Å². The predicted octanol–water partition coefficient (Wildman–Crippen LogP) is 2.68. The second kappa shape index (κ2) is 3.18. The van der Waals surface area contributed by atoms with Gasteiger partial charge < -0.3 is 5.73 Å². The molecule has 0 spiro atoms. The number of rotatable bonds is 1. The van der Waals surface area contributed by atoms with Gasteiger partial charge in [-0.2, -0.15) is 0 Å². The van der Waals surface area contributed by atoms with Gasteiger partial charge in [-0.25, -0.2) is 0 Å². The third-order valence-electron chi connectivity index (χ3n) is 1.69. The van der Waals surface area contributed by atoms with Crippen LogP contribution in [0.1, 0.15) is 25.3 Å². The molecule has 2 heteroatoms. The molecule has 2 N–H and O–H groups in total. The van der Waals surface area contributed by atoms with Crippen molar-refractivity contribution < 1.29 is 0 Å². The Morgan fingerprint density at radius 1 is 1.36 bits per heavy atom. The number of thiol groups is 1. The van der Waals surface area contributed by atoms with Crippen molar-refractivity contribution in [2.75, 3.05) is 5.73 Å². The number of hydrogen-bond acceptors (Lipinski definition) is 2.